The minimum absolute atomic E-state index is 0.210. The summed E-state index contributed by atoms with van der Waals surface area (Å²) >= 11 is 6.12. The summed E-state index contributed by atoms with van der Waals surface area (Å²) < 4.78 is 29.1. The monoisotopic (exact) mass is 341 g/mol. The molecule has 0 unspecified atom stereocenters. The summed E-state index contributed by atoms with van der Waals surface area (Å²) in [5.41, 5.74) is 0.781. The number of hydrogen-bond acceptors (Lipinski definition) is 6. The molecule has 8 heteroatoms. The van der Waals surface area contributed by atoms with E-state index in [0.29, 0.717) is 43.0 Å². The molecule has 1 aliphatic heterocycles. The number of hydrogen-bond donors (Lipinski definition) is 0. The maximum atomic E-state index is 13.2. The number of aromatic nitrogens is 2. The summed E-state index contributed by atoms with van der Waals surface area (Å²) in [4.78, 5) is 6.40. The van der Waals surface area contributed by atoms with Gasteiger partial charge in [0.2, 0.25) is 5.89 Å². The number of rotatable bonds is 5. The molecule has 2 heterocycles. The fraction of sp³-hybridized carbons (Fsp3) is 0.467. The first-order valence-corrected chi connectivity index (χ1v) is 7.63. The molecule has 0 spiro atoms. The molecule has 23 heavy (non-hydrogen) atoms. The van der Waals surface area contributed by atoms with Gasteiger partial charge in [0.15, 0.2) is 5.82 Å². The molecular formula is C15H17ClFN3O3. The predicted molar refractivity (Wildman–Crippen MR) is 80.4 cm³/mol. The zero-order chi connectivity index (χ0) is 16.2. The minimum Gasteiger partial charge on any atom is -0.377 e. The van der Waals surface area contributed by atoms with Gasteiger partial charge in [0, 0.05) is 30.8 Å². The van der Waals surface area contributed by atoms with Crippen LogP contribution in [0.5, 0.6) is 0 Å². The molecule has 124 valence electrons. The molecule has 3 rings (SSSR count). The average Bonchev–Trinajstić information content (AvgIpc) is 2.95. The van der Waals surface area contributed by atoms with E-state index in [4.69, 9.17) is 25.6 Å². The second-order valence-corrected chi connectivity index (χ2v) is 5.70. The van der Waals surface area contributed by atoms with Crippen LogP contribution in [0.2, 0.25) is 5.02 Å². The van der Waals surface area contributed by atoms with Crippen molar-refractivity contribution < 1.29 is 18.4 Å². The van der Waals surface area contributed by atoms with Crippen molar-refractivity contribution in [3.8, 4) is 0 Å². The Hall–Kier alpha value is -1.54. The zero-order valence-electron chi connectivity index (χ0n) is 12.7. The van der Waals surface area contributed by atoms with E-state index < -0.39 is 0 Å². The lowest BCUT2D eigenvalue weighted by Gasteiger charge is -2.32. The molecule has 1 aromatic carbocycles. The van der Waals surface area contributed by atoms with Crippen LogP contribution in [0.25, 0.3) is 0 Å². The summed E-state index contributed by atoms with van der Waals surface area (Å²) in [6.45, 7) is 2.76. The molecule has 1 atom stereocenters. The average molecular weight is 342 g/mol. The Balaban J connectivity index is 1.65. The van der Waals surface area contributed by atoms with Crippen LogP contribution in [0.1, 0.15) is 23.4 Å². The third-order valence-electron chi connectivity index (χ3n) is 3.60. The van der Waals surface area contributed by atoms with Gasteiger partial charge < -0.3 is 14.0 Å². The largest absolute Gasteiger partial charge is 0.377 e. The van der Waals surface area contributed by atoms with E-state index in [9.17, 15) is 4.39 Å². The van der Waals surface area contributed by atoms with Crippen molar-refractivity contribution in [2.45, 2.75) is 19.3 Å². The minimum atomic E-state index is -0.358. The molecule has 6 nitrogen and oxygen atoms in total. The third-order valence-corrected chi connectivity index (χ3v) is 3.93. The lowest BCUT2D eigenvalue weighted by atomic mass is 10.1. The van der Waals surface area contributed by atoms with Crippen molar-refractivity contribution >= 4 is 11.6 Å². The first-order chi connectivity index (χ1) is 11.2. The fourth-order valence-electron chi connectivity index (χ4n) is 2.53. The number of nitrogens with zero attached hydrogens (tertiary/aromatic N) is 3. The van der Waals surface area contributed by atoms with Crippen LogP contribution in [0.4, 0.5) is 4.39 Å². The summed E-state index contributed by atoms with van der Waals surface area (Å²) in [6, 6.07) is 4.35. The highest BCUT2D eigenvalue weighted by Crippen LogP contribution is 2.29. The van der Waals surface area contributed by atoms with E-state index in [1.54, 1.807) is 13.2 Å². The van der Waals surface area contributed by atoms with Crippen molar-refractivity contribution in [3.05, 3.63) is 46.3 Å². The van der Waals surface area contributed by atoms with Gasteiger partial charge in [-0.2, -0.15) is 4.98 Å². The van der Waals surface area contributed by atoms with Crippen molar-refractivity contribution in [2.24, 2.45) is 0 Å². The molecule has 0 N–H and O–H groups in total. The van der Waals surface area contributed by atoms with Gasteiger partial charge in [-0.15, -0.1) is 0 Å². The molecule has 0 saturated carbocycles. The topological polar surface area (TPSA) is 60.6 Å². The SMILES string of the molecule is COCc1noc(CN2CCO[C@@H](c3ccc(F)cc3Cl)C2)n1. The molecule has 1 fully saturated rings. The van der Waals surface area contributed by atoms with Crippen LogP contribution in [-0.4, -0.2) is 41.8 Å². The van der Waals surface area contributed by atoms with E-state index in [2.05, 4.69) is 15.0 Å². The number of morpholine rings is 1. The second kappa shape index (κ2) is 7.35. The lowest BCUT2D eigenvalue weighted by molar-refractivity contribution is -0.0355. The highest BCUT2D eigenvalue weighted by molar-refractivity contribution is 6.31. The Labute approximate surface area is 138 Å². The Morgan fingerprint density at radius 1 is 1.48 bits per heavy atom. The Morgan fingerprint density at radius 2 is 2.35 bits per heavy atom. The third kappa shape index (κ3) is 4.06. The van der Waals surface area contributed by atoms with E-state index in [-0.39, 0.29) is 11.9 Å². The molecule has 2 aromatic rings. The molecule has 1 aromatic heterocycles. The first-order valence-electron chi connectivity index (χ1n) is 7.25. The Morgan fingerprint density at radius 3 is 3.13 bits per heavy atom. The molecule has 1 saturated heterocycles. The summed E-state index contributed by atoms with van der Waals surface area (Å²) in [5, 5.41) is 4.21. The van der Waals surface area contributed by atoms with Crippen LogP contribution in [0, 0.1) is 5.82 Å². The molecule has 0 aliphatic carbocycles. The van der Waals surface area contributed by atoms with Gasteiger partial charge in [-0.05, 0) is 12.1 Å². The van der Waals surface area contributed by atoms with Gasteiger partial charge in [-0.1, -0.05) is 22.8 Å². The highest BCUT2D eigenvalue weighted by Gasteiger charge is 2.25. The van der Waals surface area contributed by atoms with E-state index in [1.807, 2.05) is 0 Å². The second-order valence-electron chi connectivity index (χ2n) is 5.30. The standard InChI is InChI=1S/C15H17ClFN3O3/c1-21-9-14-18-15(23-19-14)8-20-4-5-22-13(7-20)11-3-2-10(17)6-12(11)16/h2-3,6,13H,4-5,7-9H2,1H3/t13-/m1/s1. The van der Waals surface area contributed by atoms with Crippen molar-refractivity contribution in [1.29, 1.82) is 0 Å². The predicted octanol–water partition coefficient (Wildman–Crippen LogP) is 2.58. The lowest BCUT2D eigenvalue weighted by Crippen LogP contribution is -2.38. The van der Waals surface area contributed by atoms with Gasteiger partial charge in [-0.25, -0.2) is 4.39 Å². The first kappa shape index (κ1) is 16.3. The van der Waals surface area contributed by atoms with E-state index >= 15 is 0 Å². The smallest absolute Gasteiger partial charge is 0.240 e. The van der Waals surface area contributed by atoms with Crippen LogP contribution in [-0.2, 0) is 22.6 Å². The van der Waals surface area contributed by atoms with Crippen molar-refractivity contribution in [3.63, 3.8) is 0 Å². The van der Waals surface area contributed by atoms with Gasteiger partial charge >= 0.3 is 0 Å². The Kier molecular flexibility index (Phi) is 5.22. The zero-order valence-corrected chi connectivity index (χ0v) is 13.4. The Bertz CT molecular complexity index is 667. The van der Waals surface area contributed by atoms with Crippen LogP contribution in [0.3, 0.4) is 0 Å². The molecular weight excluding hydrogens is 325 g/mol. The van der Waals surface area contributed by atoms with Gasteiger partial charge in [0.05, 0.1) is 19.3 Å². The van der Waals surface area contributed by atoms with Crippen LogP contribution in [0.15, 0.2) is 22.7 Å². The molecule has 1 aliphatic rings. The summed E-state index contributed by atoms with van der Waals surface area (Å²) in [7, 11) is 1.58. The van der Waals surface area contributed by atoms with E-state index in [0.717, 1.165) is 12.1 Å². The quantitative estimate of drug-likeness (QED) is 0.833. The molecule has 0 amide bonds. The normalized spacial score (nSPS) is 19.2. The van der Waals surface area contributed by atoms with Crippen LogP contribution >= 0.6 is 11.6 Å². The molecule has 0 radical (unpaired) electrons. The van der Waals surface area contributed by atoms with Gasteiger partial charge in [0.25, 0.3) is 0 Å². The highest BCUT2D eigenvalue weighted by atomic mass is 35.5. The molecule has 0 bridgehead atoms. The van der Waals surface area contributed by atoms with Crippen LogP contribution < -0.4 is 0 Å². The fourth-order valence-corrected chi connectivity index (χ4v) is 2.82. The van der Waals surface area contributed by atoms with Crippen molar-refractivity contribution in [1.82, 2.24) is 15.0 Å². The van der Waals surface area contributed by atoms with Gasteiger partial charge in [-0.3, -0.25) is 4.90 Å². The number of ether oxygens (including phenoxy) is 2. The maximum Gasteiger partial charge on any atom is 0.240 e. The summed E-state index contributed by atoms with van der Waals surface area (Å²) in [5.74, 6) is 0.694. The number of halogens is 2. The maximum absolute atomic E-state index is 13.2. The number of methoxy groups -OCH3 is 1. The summed E-state index contributed by atoms with van der Waals surface area (Å²) in [6.07, 6.45) is -0.210. The van der Waals surface area contributed by atoms with Gasteiger partial charge in [0.1, 0.15) is 12.4 Å². The van der Waals surface area contributed by atoms with E-state index in [1.165, 1.54) is 12.1 Å². The van der Waals surface area contributed by atoms with Crippen molar-refractivity contribution in [2.75, 3.05) is 26.8 Å². The number of benzene rings is 1.